The van der Waals surface area contributed by atoms with E-state index in [9.17, 15) is 14.4 Å². The van der Waals surface area contributed by atoms with Gasteiger partial charge in [-0.25, -0.2) is 9.59 Å². The summed E-state index contributed by atoms with van der Waals surface area (Å²) in [5.41, 5.74) is 3.40. The highest BCUT2D eigenvalue weighted by atomic mass is 32.1. The van der Waals surface area contributed by atoms with Gasteiger partial charge in [0.15, 0.2) is 6.61 Å². The van der Waals surface area contributed by atoms with E-state index in [2.05, 4.69) is 12.2 Å². The number of carbonyl (C=O) groups excluding carboxylic acids is 3. The monoisotopic (exact) mass is 441 g/mol. The second-order valence-corrected chi connectivity index (χ2v) is 8.78. The summed E-state index contributed by atoms with van der Waals surface area (Å²) in [7, 11) is 0. The van der Waals surface area contributed by atoms with Crippen LogP contribution in [0.2, 0.25) is 0 Å². The van der Waals surface area contributed by atoms with Crippen molar-refractivity contribution in [3.63, 3.8) is 0 Å². The van der Waals surface area contributed by atoms with Crippen LogP contribution in [-0.4, -0.2) is 31.1 Å². The molecule has 0 aliphatic heterocycles. The van der Waals surface area contributed by atoms with Crippen LogP contribution in [0.4, 0.5) is 5.00 Å². The first-order valence-electron chi connectivity index (χ1n) is 10.4. The van der Waals surface area contributed by atoms with Crippen LogP contribution >= 0.6 is 11.3 Å². The van der Waals surface area contributed by atoms with E-state index in [-0.39, 0.29) is 6.61 Å². The quantitative estimate of drug-likeness (QED) is 0.503. The lowest BCUT2D eigenvalue weighted by Gasteiger charge is -2.18. The number of aryl methyl sites for hydroxylation is 1. The van der Waals surface area contributed by atoms with E-state index in [1.165, 1.54) is 17.4 Å². The molecule has 1 heterocycles. The lowest BCUT2D eigenvalue weighted by molar-refractivity contribution is -0.142. The zero-order chi connectivity index (χ0) is 22.4. The van der Waals surface area contributed by atoms with Crippen molar-refractivity contribution in [2.75, 3.05) is 18.5 Å². The molecule has 1 aromatic heterocycles. The first-order chi connectivity index (χ1) is 14.9. The average Bonchev–Trinajstić information content (AvgIpc) is 3.08. The zero-order valence-electron chi connectivity index (χ0n) is 18.0. The molecule has 164 valence electrons. The second-order valence-electron chi connectivity index (χ2n) is 7.68. The number of hydrogen-bond donors (Lipinski definition) is 1. The third-order valence-electron chi connectivity index (χ3n) is 5.08. The Morgan fingerprint density at radius 2 is 1.94 bits per heavy atom. The Balaban J connectivity index is 1.62. The van der Waals surface area contributed by atoms with Crippen molar-refractivity contribution >= 4 is 40.3 Å². The Morgan fingerprint density at radius 1 is 1.19 bits per heavy atom. The second kappa shape index (κ2) is 10.4. The zero-order valence-corrected chi connectivity index (χ0v) is 18.8. The van der Waals surface area contributed by atoms with Crippen LogP contribution in [0.15, 0.2) is 30.3 Å². The molecule has 7 heteroatoms. The van der Waals surface area contributed by atoms with Crippen LogP contribution in [0, 0.1) is 12.8 Å². The summed E-state index contributed by atoms with van der Waals surface area (Å²) in [6.07, 6.45) is 5.57. The molecule has 0 fully saturated rings. The van der Waals surface area contributed by atoms with Gasteiger partial charge in [0, 0.05) is 11.0 Å². The molecule has 6 nitrogen and oxygen atoms in total. The van der Waals surface area contributed by atoms with Gasteiger partial charge in [0.25, 0.3) is 5.91 Å². The normalized spacial score (nSPS) is 15.4. The van der Waals surface area contributed by atoms with Crippen LogP contribution in [0.5, 0.6) is 0 Å². The molecule has 0 saturated carbocycles. The third kappa shape index (κ3) is 6.04. The first-order valence-corrected chi connectivity index (χ1v) is 11.2. The van der Waals surface area contributed by atoms with Crippen molar-refractivity contribution in [3.8, 4) is 0 Å². The highest BCUT2D eigenvalue weighted by Gasteiger charge is 2.29. The SMILES string of the molecule is CCOC(=O)c1c(NC(=O)COC(=O)C=Cc2ccc(C)cc2)sc2c1CCC(C)C2. The minimum Gasteiger partial charge on any atom is -0.462 e. The predicted octanol–water partition coefficient (Wildman–Crippen LogP) is 4.55. The van der Waals surface area contributed by atoms with Crippen LogP contribution < -0.4 is 5.32 Å². The van der Waals surface area contributed by atoms with Gasteiger partial charge < -0.3 is 14.8 Å². The maximum Gasteiger partial charge on any atom is 0.341 e. The number of amides is 1. The molecule has 0 spiro atoms. The Morgan fingerprint density at radius 3 is 2.65 bits per heavy atom. The van der Waals surface area contributed by atoms with E-state index >= 15 is 0 Å². The average molecular weight is 442 g/mol. The third-order valence-corrected chi connectivity index (χ3v) is 6.25. The van der Waals surface area contributed by atoms with Crippen molar-refractivity contribution < 1.29 is 23.9 Å². The molecule has 1 N–H and O–H groups in total. The first kappa shape index (κ1) is 22.7. The lowest BCUT2D eigenvalue weighted by atomic mass is 9.88. The Labute approximate surface area is 186 Å². The molecule has 31 heavy (non-hydrogen) atoms. The fourth-order valence-electron chi connectivity index (χ4n) is 3.45. The molecule has 0 bridgehead atoms. The van der Waals surface area contributed by atoms with Crippen LogP contribution in [0.3, 0.4) is 0 Å². The summed E-state index contributed by atoms with van der Waals surface area (Å²) >= 11 is 1.40. The van der Waals surface area contributed by atoms with E-state index in [0.717, 1.165) is 40.8 Å². The number of rotatable bonds is 7. The van der Waals surface area contributed by atoms with Gasteiger partial charge in [0.05, 0.1) is 12.2 Å². The number of fused-ring (bicyclic) bond motifs is 1. The summed E-state index contributed by atoms with van der Waals surface area (Å²) in [6.45, 7) is 5.74. The summed E-state index contributed by atoms with van der Waals surface area (Å²) in [5.74, 6) is -0.996. The molecule has 1 unspecified atom stereocenters. The number of anilines is 1. The van der Waals surface area contributed by atoms with Gasteiger partial charge in [-0.3, -0.25) is 4.79 Å². The number of esters is 2. The van der Waals surface area contributed by atoms with Crippen molar-refractivity contribution in [2.24, 2.45) is 5.92 Å². The van der Waals surface area contributed by atoms with Gasteiger partial charge in [0.1, 0.15) is 5.00 Å². The number of hydrogen-bond acceptors (Lipinski definition) is 6. The minimum atomic E-state index is -0.611. The smallest absolute Gasteiger partial charge is 0.341 e. The highest BCUT2D eigenvalue weighted by Crippen LogP contribution is 2.40. The Hall–Kier alpha value is -2.93. The summed E-state index contributed by atoms with van der Waals surface area (Å²) in [4.78, 5) is 37.9. The van der Waals surface area contributed by atoms with E-state index in [1.807, 2.05) is 31.2 Å². The van der Waals surface area contributed by atoms with Crippen LogP contribution in [0.25, 0.3) is 6.08 Å². The molecule has 0 radical (unpaired) electrons. The number of ether oxygens (including phenoxy) is 2. The van der Waals surface area contributed by atoms with Crippen molar-refractivity contribution in [2.45, 2.75) is 40.0 Å². The summed E-state index contributed by atoms with van der Waals surface area (Å²) in [6, 6.07) is 7.67. The van der Waals surface area contributed by atoms with E-state index in [4.69, 9.17) is 9.47 Å². The lowest BCUT2D eigenvalue weighted by Crippen LogP contribution is -2.21. The van der Waals surface area contributed by atoms with E-state index in [1.54, 1.807) is 13.0 Å². The van der Waals surface area contributed by atoms with Crippen LogP contribution in [0.1, 0.15) is 52.2 Å². The molecular formula is C24H27NO5S. The number of nitrogens with one attached hydrogen (secondary N) is 1. The molecule has 2 aromatic rings. The van der Waals surface area contributed by atoms with Crippen molar-refractivity contribution in [1.82, 2.24) is 0 Å². The maximum atomic E-state index is 12.5. The van der Waals surface area contributed by atoms with Gasteiger partial charge in [-0.05, 0) is 56.2 Å². The molecule has 1 aromatic carbocycles. The Kier molecular flexibility index (Phi) is 7.63. The molecular weight excluding hydrogens is 414 g/mol. The van der Waals surface area contributed by atoms with Gasteiger partial charge in [0.2, 0.25) is 0 Å². The van der Waals surface area contributed by atoms with Gasteiger partial charge in [-0.1, -0.05) is 36.8 Å². The number of thiophene rings is 1. The maximum absolute atomic E-state index is 12.5. The summed E-state index contributed by atoms with van der Waals surface area (Å²) in [5, 5.41) is 3.20. The fraction of sp³-hybridized carbons (Fsp3) is 0.375. The van der Waals surface area contributed by atoms with Crippen molar-refractivity contribution in [3.05, 3.63) is 57.5 Å². The molecule has 3 rings (SSSR count). The molecule has 0 saturated heterocycles. The standard InChI is InChI=1S/C24H27NO5S/c1-4-29-24(28)22-18-11-7-16(3)13-19(18)31-23(22)25-20(26)14-30-21(27)12-10-17-8-5-15(2)6-9-17/h5-6,8-10,12,16H,4,7,11,13-14H2,1-3H3,(H,25,26). The summed E-state index contributed by atoms with van der Waals surface area (Å²) < 4.78 is 10.2. The van der Waals surface area contributed by atoms with Gasteiger partial charge in [-0.15, -0.1) is 11.3 Å². The number of carbonyl (C=O) groups is 3. The number of benzene rings is 1. The van der Waals surface area contributed by atoms with Gasteiger partial charge in [-0.2, -0.15) is 0 Å². The molecule has 1 aliphatic rings. The van der Waals surface area contributed by atoms with Crippen LogP contribution in [-0.2, 0) is 31.9 Å². The topological polar surface area (TPSA) is 81.7 Å². The van der Waals surface area contributed by atoms with E-state index < -0.39 is 24.5 Å². The Bertz CT molecular complexity index is 990. The molecule has 1 amide bonds. The molecule has 1 aliphatic carbocycles. The van der Waals surface area contributed by atoms with Crippen molar-refractivity contribution in [1.29, 1.82) is 0 Å². The van der Waals surface area contributed by atoms with Gasteiger partial charge >= 0.3 is 11.9 Å². The van der Waals surface area contributed by atoms with E-state index in [0.29, 0.717) is 16.5 Å². The predicted molar refractivity (Wildman–Crippen MR) is 121 cm³/mol. The fourth-order valence-corrected chi connectivity index (χ4v) is 4.86. The molecule has 1 atom stereocenters. The largest absolute Gasteiger partial charge is 0.462 e. The highest BCUT2D eigenvalue weighted by molar-refractivity contribution is 7.17. The minimum absolute atomic E-state index is 0.262.